The Morgan fingerprint density at radius 2 is 1.52 bits per heavy atom. The molecule has 0 aliphatic rings. The fourth-order valence-electron chi connectivity index (χ4n) is 2.39. The minimum Gasteiger partial charge on any atom is -0.378 e. The average molecular weight is 289 g/mol. The molecule has 112 valence electrons. The summed E-state index contributed by atoms with van der Waals surface area (Å²) in [6.07, 6.45) is 1.09. The number of anilines is 1. The summed E-state index contributed by atoms with van der Waals surface area (Å²) in [5, 5.41) is 3.14. The Hall–Kier alpha value is -1.90. The van der Waals surface area contributed by atoms with Gasteiger partial charge in [0, 0.05) is 11.3 Å². The summed E-state index contributed by atoms with van der Waals surface area (Å²) >= 11 is 0. The van der Waals surface area contributed by atoms with Gasteiger partial charge in [-0.25, -0.2) is 8.78 Å². The maximum atomic E-state index is 13.7. The lowest BCUT2D eigenvalue weighted by atomic mass is 9.98. The first kappa shape index (κ1) is 15.5. The Morgan fingerprint density at radius 3 is 2.05 bits per heavy atom. The average Bonchev–Trinajstić information content (AvgIpc) is 2.47. The molecular weight excluding hydrogens is 268 g/mol. The van der Waals surface area contributed by atoms with Gasteiger partial charge in [0.2, 0.25) is 0 Å². The first-order chi connectivity index (χ1) is 10.0. The summed E-state index contributed by atoms with van der Waals surface area (Å²) in [5.74, 6) is -0.530. The molecule has 0 aliphatic carbocycles. The molecule has 0 saturated carbocycles. The van der Waals surface area contributed by atoms with Crippen LogP contribution in [0, 0.1) is 11.6 Å². The number of hydrogen-bond acceptors (Lipinski definition) is 1. The smallest absolute Gasteiger partial charge is 0.131 e. The van der Waals surface area contributed by atoms with Crippen molar-refractivity contribution >= 4 is 5.69 Å². The van der Waals surface area contributed by atoms with Crippen LogP contribution in [0.25, 0.3) is 0 Å². The summed E-state index contributed by atoms with van der Waals surface area (Å²) in [6.45, 7) is 6.09. The van der Waals surface area contributed by atoms with Gasteiger partial charge in [-0.1, -0.05) is 32.0 Å². The van der Waals surface area contributed by atoms with Crippen molar-refractivity contribution in [3.05, 3.63) is 65.2 Å². The van der Waals surface area contributed by atoms with Crippen LogP contribution in [-0.2, 0) is 0 Å². The van der Waals surface area contributed by atoms with Gasteiger partial charge >= 0.3 is 0 Å². The standard InChI is InChI=1S/C18H21F2N/c1-4-12(2)14-8-10-15(11-9-14)21-13(3)18-16(19)6-5-7-17(18)20/h5-13,21H,4H2,1-3H3. The van der Waals surface area contributed by atoms with E-state index in [-0.39, 0.29) is 5.56 Å². The molecule has 0 aromatic heterocycles. The zero-order valence-electron chi connectivity index (χ0n) is 12.7. The van der Waals surface area contributed by atoms with E-state index in [0.717, 1.165) is 12.1 Å². The summed E-state index contributed by atoms with van der Waals surface area (Å²) in [4.78, 5) is 0. The van der Waals surface area contributed by atoms with Crippen molar-refractivity contribution < 1.29 is 8.78 Å². The highest BCUT2D eigenvalue weighted by atomic mass is 19.1. The van der Waals surface area contributed by atoms with Crippen LogP contribution in [0.2, 0.25) is 0 Å². The quantitative estimate of drug-likeness (QED) is 0.749. The van der Waals surface area contributed by atoms with E-state index < -0.39 is 17.7 Å². The maximum absolute atomic E-state index is 13.7. The molecule has 3 heteroatoms. The van der Waals surface area contributed by atoms with Crippen molar-refractivity contribution in [1.82, 2.24) is 0 Å². The van der Waals surface area contributed by atoms with Gasteiger partial charge in [0.1, 0.15) is 11.6 Å². The van der Waals surface area contributed by atoms with Crippen LogP contribution < -0.4 is 5.32 Å². The second kappa shape index (κ2) is 6.70. The van der Waals surface area contributed by atoms with Gasteiger partial charge in [0.05, 0.1) is 6.04 Å². The lowest BCUT2D eigenvalue weighted by molar-refractivity contribution is 0.544. The second-order valence-corrected chi connectivity index (χ2v) is 5.43. The number of benzene rings is 2. The molecule has 21 heavy (non-hydrogen) atoms. The normalized spacial score (nSPS) is 13.8. The van der Waals surface area contributed by atoms with E-state index in [1.54, 1.807) is 6.92 Å². The van der Waals surface area contributed by atoms with Crippen LogP contribution in [-0.4, -0.2) is 0 Å². The van der Waals surface area contributed by atoms with E-state index >= 15 is 0 Å². The molecule has 2 atom stereocenters. The molecule has 0 heterocycles. The van der Waals surface area contributed by atoms with Gasteiger partial charge in [-0.3, -0.25) is 0 Å². The third kappa shape index (κ3) is 3.60. The zero-order valence-corrected chi connectivity index (χ0v) is 12.7. The summed E-state index contributed by atoms with van der Waals surface area (Å²) in [5.41, 5.74) is 2.20. The number of rotatable bonds is 5. The Labute approximate surface area is 125 Å². The van der Waals surface area contributed by atoms with E-state index in [1.165, 1.54) is 23.8 Å². The SMILES string of the molecule is CCC(C)c1ccc(NC(C)c2c(F)cccc2F)cc1. The van der Waals surface area contributed by atoms with Gasteiger partial charge in [-0.2, -0.15) is 0 Å². The van der Waals surface area contributed by atoms with Crippen molar-refractivity contribution in [2.75, 3.05) is 5.32 Å². The third-order valence-corrected chi connectivity index (χ3v) is 3.91. The number of nitrogens with one attached hydrogen (secondary N) is 1. The molecule has 0 radical (unpaired) electrons. The van der Waals surface area contributed by atoms with E-state index in [0.29, 0.717) is 5.92 Å². The summed E-state index contributed by atoms with van der Waals surface area (Å²) in [6, 6.07) is 11.5. The molecule has 1 N–H and O–H groups in total. The van der Waals surface area contributed by atoms with Gasteiger partial charge in [-0.05, 0) is 49.1 Å². The van der Waals surface area contributed by atoms with E-state index in [9.17, 15) is 8.78 Å². The lowest BCUT2D eigenvalue weighted by Crippen LogP contribution is -2.10. The largest absolute Gasteiger partial charge is 0.378 e. The topological polar surface area (TPSA) is 12.0 Å². The van der Waals surface area contributed by atoms with Gasteiger partial charge in [-0.15, -0.1) is 0 Å². The third-order valence-electron chi connectivity index (χ3n) is 3.91. The number of hydrogen-bond donors (Lipinski definition) is 1. The predicted molar refractivity (Wildman–Crippen MR) is 83.5 cm³/mol. The molecule has 2 unspecified atom stereocenters. The molecule has 2 aromatic rings. The van der Waals surface area contributed by atoms with Crippen molar-refractivity contribution in [2.24, 2.45) is 0 Å². The highest BCUT2D eigenvalue weighted by Gasteiger charge is 2.15. The molecule has 2 rings (SSSR count). The molecule has 2 aromatic carbocycles. The van der Waals surface area contributed by atoms with Crippen LogP contribution in [0.15, 0.2) is 42.5 Å². The predicted octanol–water partition coefficient (Wildman–Crippen LogP) is 5.65. The molecule has 0 aliphatic heterocycles. The fourth-order valence-corrected chi connectivity index (χ4v) is 2.39. The Balaban J connectivity index is 2.14. The van der Waals surface area contributed by atoms with Gasteiger partial charge in [0.15, 0.2) is 0 Å². The molecule has 1 nitrogen and oxygen atoms in total. The first-order valence-electron chi connectivity index (χ1n) is 7.33. The number of halogens is 2. The monoisotopic (exact) mass is 289 g/mol. The van der Waals surface area contributed by atoms with Crippen LogP contribution in [0.3, 0.4) is 0 Å². The highest BCUT2D eigenvalue weighted by molar-refractivity contribution is 5.47. The lowest BCUT2D eigenvalue weighted by Gasteiger charge is -2.18. The molecule has 0 amide bonds. The first-order valence-corrected chi connectivity index (χ1v) is 7.33. The van der Waals surface area contributed by atoms with Crippen LogP contribution >= 0.6 is 0 Å². The van der Waals surface area contributed by atoms with Crippen LogP contribution in [0.1, 0.15) is 50.3 Å². The fraction of sp³-hybridized carbons (Fsp3) is 0.333. The van der Waals surface area contributed by atoms with E-state index in [2.05, 4.69) is 31.3 Å². The van der Waals surface area contributed by atoms with Gasteiger partial charge < -0.3 is 5.32 Å². The Morgan fingerprint density at radius 1 is 0.952 bits per heavy atom. The molecule has 0 saturated heterocycles. The van der Waals surface area contributed by atoms with Crippen molar-refractivity contribution in [3.63, 3.8) is 0 Å². The van der Waals surface area contributed by atoms with Crippen molar-refractivity contribution in [2.45, 2.75) is 39.2 Å². The minimum atomic E-state index is -0.522. The van der Waals surface area contributed by atoms with Crippen molar-refractivity contribution in [1.29, 1.82) is 0 Å². The Kier molecular flexibility index (Phi) is 4.94. The molecular formula is C18H21F2N. The van der Waals surface area contributed by atoms with E-state index in [1.807, 2.05) is 12.1 Å². The van der Waals surface area contributed by atoms with Crippen molar-refractivity contribution in [3.8, 4) is 0 Å². The maximum Gasteiger partial charge on any atom is 0.131 e. The summed E-state index contributed by atoms with van der Waals surface area (Å²) < 4.78 is 27.5. The Bertz CT molecular complexity index is 572. The molecule has 0 spiro atoms. The van der Waals surface area contributed by atoms with Crippen LogP contribution in [0.4, 0.5) is 14.5 Å². The summed E-state index contributed by atoms with van der Waals surface area (Å²) in [7, 11) is 0. The highest BCUT2D eigenvalue weighted by Crippen LogP contribution is 2.26. The zero-order chi connectivity index (χ0) is 15.4. The van der Waals surface area contributed by atoms with Crippen LogP contribution in [0.5, 0.6) is 0 Å². The second-order valence-electron chi connectivity index (χ2n) is 5.43. The molecule has 0 bridgehead atoms. The minimum absolute atomic E-state index is 0.0727. The van der Waals surface area contributed by atoms with Gasteiger partial charge in [0.25, 0.3) is 0 Å². The van der Waals surface area contributed by atoms with E-state index in [4.69, 9.17) is 0 Å². The molecule has 0 fully saturated rings.